The Balaban J connectivity index is 1.52. The molecule has 0 radical (unpaired) electrons. The molecule has 174 valence electrons. The maximum absolute atomic E-state index is 13.5. The predicted molar refractivity (Wildman–Crippen MR) is 136 cm³/mol. The number of benzene rings is 1. The Morgan fingerprint density at radius 3 is 2.55 bits per heavy atom. The molecular weight excluding hydrogens is 410 g/mol. The number of nitrogen functional groups attached to an aromatic ring is 1. The van der Waals surface area contributed by atoms with Gasteiger partial charge in [-0.1, -0.05) is 31.0 Å². The summed E-state index contributed by atoms with van der Waals surface area (Å²) in [5, 5.41) is 8.71. The monoisotopic (exact) mass is 445 g/mol. The molecule has 1 aliphatic heterocycles. The van der Waals surface area contributed by atoms with E-state index < -0.39 is 0 Å². The number of aromatic nitrogens is 2. The van der Waals surface area contributed by atoms with Crippen molar-refractivity contribution >= 4 is 16.7 Å². The highest BCUT2D eigenvalue weighted by molar-refractivity contribution is 5.94. The maximum Gasteiger partial charge on any atom is 0.258 e. The number of fused-ring (bicyclic) bond motifs is 1. The van der Waals surface area contributed by atoms with Crippen molar-refractivity contribution in [2.45, 2.75) is 71.0 Å². The largest absolute Gasteiger partial charge is 0.382 e. The molecule has 4 rings (SSSR count). The summed E-state index contributed by atoms with van der Waals surface area (Å²) < 4.78 is 1.91. The molecule has 6 heteroatoms. The number of amidine groups is 1. The van der Waals surface area contributed by atoms with Crippen molar-refractivity contribution < 1.29 is 0 Å². The molecule has 0 unspecified atom stereocenters. The molecule has 0 amide bonds. The highest BCUT2D eigenvalue weighted by atomic mass is 16.1. The van der Waals surface area contributed by atoms with Gasteiger partial charge in [0.15, 0.2) is 0 Å². The van der Waals surface area contributed by atoms with E-state index in [2.05, 4.69) is 23.7 Å². The summed E-state index contributed by atoms with van der Waals surface area (Å²) in [5.41, 5.74) is 8.32. The van der Waals surface area contributed by atoms with Gasteiger partial charge in [-0.25, -0.2) is 0 Å². The lowest BCUT2D eigenvalue weighted by Crippen LogP contribution is -2.44. The van der Waals surface area contributed by atoms with Crippen LogP contribution in [0.4, 0.5) is 0 Å². The summed E-state index contributed by atoms with van der Waals surface area (Å²) in [4.78, 5) is 20.3. The smallest absolute Gasteiger partial charge is 0.258 e. The SMILES string of the molecule is C[C@@H]1CCC[C@H](C)N1CCCCCn1c(=O)c(-c2ccnc(C(=N)N)c2)cc2ccccc21. The minimum absolute atomic E-state index is 0.00678. The van der Waals surface area contributed by atoms with Crippen LogP contribution in [-0.4, -0.2) is 38.9 Å². The Labute approximate surface area is 196 Å². The number of unbranched alkanes of at least 4 members (excludes halogenated alkanes) is 2. The molecule has 2 atom stereocenters. The summed E-state index contributed by atoms with van der Waals surface area (Å²) in [6, 6.07) is 14.9. The second-order valence-corrected chi connectivity index (χ2v) is 9.34. The van der Waals surface area contributed by atoms with E-state index in [4.69, 9.17) is 11.1 Å². The van der Waals surface area contributed by atoms with Gasteiger partial charge in [-0.3, -0.25) is 20.1 Å². The van der Waals surface area contributed by atoms with Gasteiger partial charge in [0, 0.05) is 30.4 Å². The number of hydrogen-bond donors (Lipinski definition) is 2. The average Bonchev–Trinajstić information content (AvgIpc) is 2.81. The molecule has 33 heavy (non-hydrogen) atoms. The number of likely N-dealkylation sites (tertiary alicyclic amines) is 1. The molecule has 1 saturated heterocycles. The highest BCUT2D eigenvalue weighted by Gasteiger charge is 2.23. The van der Waals surface area contributed by atoms with Crippen LogP contribution < -0.4 is 11.3 Å². The average molecular weight is 446 g/mol. The number of pyridine rings is 2. The number of hydrogen-bond acceptors (Lipinski definition) is 4. The van der Waals surface area contributed by atoms with E-state index in [1.807, 2.05) is 41.0 Å². The standard InChI is InChI=1S/C27H35N5O/c1-19-9-8-10-20(2)31(19)15-6-3-7-16-32-25-12-5-4-11-22(25)17-23(27(32)33)21-13-14-30-24(18-21)26(28)29/h4-5,11-14,17-20H,3,6-10,15-16H2,1-2H3,(H3,28,29)/t19-,20+. The molecule has 0 aliphatic carbocycles. The van der Waals surface area contributed by atoms with Crippen molar-refractivity contribution in [3.05, 3.63) is 64.7 Å². The van der Waals surface area contributed by atoms with Gasteiger partial charge in [-0.15, -0.1) is 0 Å². The Hall–Kier alpha value is -2.99. The number of aryl methyl sites for hydroxylation is 1. The number of para-hydroxylation sites is 1. The Morgan fingerprint density at radius 1 is 1.06 bits per heavy atom. The third-order valence-electron chi connectivity index (χ3n) is 7.02. The fourth-order valence-electron chi connectivity index (χ4n) is 5.16. The molecule has 3 N–H and O–H groups in total. The third-order valence-corrected chi connectivity index (χ3v) is 7.02. The Bertz CT molecular complexity index is 1170. The zero-order chi connectivity index (χ0) is 23.4. The number of piperidine rings is 1. The van der Waals surface area contributed by atoms with Gasteiger partial charge in [-0.2, -0.15) is 0 Å². The number of rotatable bonds is 8. The van der Waals surface area contributed by atoms with Crippen molar-refractivity contribution in [1.82, 2.24) is 14.5 Å². The van der Waals surface area contributed by atoms with Crippen LogP contribution in [0.5, 0.6) is 0 Å². The molecule has 1 aliphatic rings. The second kappa shape index (κ2) is 10.3. The van der Waals surface area contributed by atoms with E-state index in [0.717, 1.165) is 42.3 Å². The van der Waals surface area contributed by atoms with Crippen LogP contribution in [0, 0.1) is 5.41 Å². The number of nitrogens with one attached hydrogen (secondary N) is 1. The maximum atomic E-state index is 13.5. The zero-order valence-corrected chi connectivity index (χ0v) is 19.8. The summed E-state index contributed by atoms with van der Waals surface area (Å²) >= 11 is 0. The van der Waals surface area contributed by atoms with E-state index in [1.165, 1.54) is 19.3 Å². The first-order valence-electron chi connectivity index (χ1n) is 12.1. The third kappa shape index (κ3) is 5.17. The molecular formula is C27H35N5O. The van der Waals surface area contributed by atoms with Crippen LogP contribution >= 0.6 is 0 Å². The van der Waals surface area contributed by atoms with Crippen molar-refractivity contribution in [1.29, 1.82) is 5.41 Å². The number of nitrogens with two attached hydrogens (primary N) is 1. The van der Waals surface area contributed by atoms with Crippen LogP contribution in [-0.2, 0) is 6.54 Å². The molecule has 1 aromatic carbocycles. The molecule has 0 bridgehead atoms. The van der Waals surface area contributed by atoms with Gasteiger partial charge in [0.05, 0.1) is 5.52 Å². The quantitative estimate of drug-likeness (QED) is 0.297. The molecule has 0 spiro atoms. The first kappa shape index (κ1) is 23.2. The van der Waals surface area contributed by atoms with Crippen molar-refractivity contribution in [2.24, 2.45) is 5.73 Å². The van der Waals surface area contributed by atoms with Crippen molar-refractivity contribution in [2.75, 3.05) is 6.54 Å². The van der Waals surface area contributed by atoms with Gasteiger partial charge in [0.1, 0.15) is 11.5 Å². The van der Waals surface area contributed by atoms with E-state index in [1.54, 1.807) is 12.3 Å². The topological polar surface area (TPSA) is 88.0 Å². The lowest BCUT2D eigenvalue weighted by atomic mass is 9.97. The summed E-state index contributed by atoms with van der Waals surface area (Å²) in [6.07, 6.45) is 8.79. The van der Waals surface area contributed by atoms with Gasteiger partial charge in [-0.05, 0) is 81.3 Å². The highest BCUT2D eigenvalue weighted by Crippen LogP contribution is 2.24. The molecule has 1 fully saturated rings. The van der Waals surface area contributed by atoms with Crippen LogP contribution in [0.2, 0.25) is 0 Å². The predicted octanol–water partition coefficient (Wildman–Crippen LogP) is 4.78. The first-order chi connectivity index (χ1) is 16.0. The van der Waals surface area contributed by atoms with Gasteiger partial charge < -0.3 is 10.3 Å². The van der Waals surface area contributed by atoms with E-state index in [-0.39, 0.29) is 11.4 Å². The fourth-order valence-corrected chi connectivity index (χ4v) is 5.16. The molecule has 0 saturated carbocycles. The van der Waals surface area contributed by atoms with Crippen molar-refractivity contribution in [3.63, 3.8) is 0 Å². The molecule has 3 aromatic rings. The summed E-state index contributed by atoms with van der Waals surface area (Å²) in [7, 11) is 0. The zero-order valence-electron chi connectivity index (χ0n) is 19.8. The van der Waals surface area contributed by atoms with Crippen LogP contribution in [0.15, 0.2) is 53.5 Å². The Morgan fingerprint density at radius 2 is 1.79 bits per heavy atom. The lowest BCUT2D eigenvalue weighted by molar-refractivity contribution is 0.101. The van der Waals surface area contributed by atoms with Gasteiger partial charge in [0.25, 0.3) is 5.56 Å². The van der Waals surface area contributed by atoms with Crippen LogP contribution in [0.3, 0.4) is 0 Å². The second-order valence-electron chi connectivity index (χ2n) is 9.34. The van der Waals surface area contributed by atoms with Gasteiger partial charge in [0.2, 0.25) is 0 Å². The molecule has 3 heterocycles. The van der Waals surface area contributed by atoms with Gasteiger partial charge >= 0.3 is 0 Å². The first-order valence-corrected chi connectivity index (χ1v) is 12.1. The van der Waals surface area contributed by atoms with E-state index >= 15 is 0 Å². The minimum atomic E-state index is -0.102. The normalized spacial score (nSPS) is 19.1. The molecule has 2 aromatic heterocycles. The number of nitrogens with zero attached hydrogens (tertiary/aromatic N) is 3. The Kier molecular flexibility index (Phi) is 7.23. The van der Waals surface area contributed by atoms with Crippen LogP contribution in [0.1, 0.15) is 58.1 Å². The van der Waals surface area contributed by atoms with E-state index in [9.17, 15) is 4.79 Å². The van der Waals surface area contributed by atoms with Crippen molar-refractivity contribution in [3.8, 4) is 11.1 Å². The minimum Gasteiger partial charge on any atom is -0.382 e. The van der Waals surface area contributed by atoms with Crippen LogP contribution in [0.25, 0.3) is 22.0 Å². The van der Waals surface area contributed by atoms with E-state index in [0.29, 0.717) is 29.9 Å². The summed E-state index contributed by atoms with van der Waals surface area (Å²) in [6.45, 7) is 6.54. The molecule has 6 nitrogen and oxygen atoms in total. The summed E-state index contributed by atoms with van der Waals surface area (Å²) in [5.74, 6) is -0.102. The fraction of sp³-hybridized carbons (Fsp3) is 0.444. The lowest BCUT2D eigenvalue weighted by Gasteiger charge is -2.39.